The summed E-state index contributed by atoms with van der Waals surface area (Å²) in [6, 6.07) is 7.15. The fourth-order valence-corrected chi connectivity index (χ4v) is 1.95. The molecular weight excluding hydrogens is 240 g/mol. The second-order valence-corrected chi connectivity index (χ2v) is 4.17. The SMILES string of the molecule is C=CCc1ccc2c(n1)Nc1ncccc1C(=O)N2. The number of hydrogen-bond acceptors (Lipinski definition) is 4. The number of carbonyl (C=O) groups excluding carboxylic acids is 1. The zero-order valence-electron chi connectivity index (χ0n) is 10.2. The van der Waals surface area contributed by atoms with Crippen molar-refractivity contribution in [3.63, 3.8) is 0 Å². The van der Waals surface area contributed by atoms with Gasteiger partial charge in [0, 0.05) is 18.3 Å². The molecule has 1 aliphatic heterocycles. The molecule has 1 amide bonds. The molecule has 3 heterocycles. The summed E-state index contributed by atoms with van der Waals surface area (Å²) in [6.45, 7) is 3.69. The summed E-state index contributed by atoms with van der Waals surface area (Å²) in [5.41, 5.74) is 2.04. The van der Waals surface area contributed by atoms with Crippen molar-refractivity contribution >= 4 is 23.2 Å². The van der Waals surface area contributed by atoms with Crippen LogP contribution in [-0.2, 0) is 6.42 Å². The van der Waals surface area contributed by atoms with E-state index in [4.69, 9.17) is 0 Å². The second-order valence-electron chi connectivity index (χ2n) is 4.17. The van der Waals surface area contributed by atoms with Crippen molar-refractivity contribution in [3.05, 3.63) is 54.4 Å². The Morgan fingerprint density at radius 2 is 2.11 bits per heavy atom. The molecule has 3 rings (SSSR count). The second kappa shape index (κ2) is 4.53. The smallest absolute Gasteiger partial charge is 0.259 e. The van der Waals surface area contributed by atoms with Gasteiger partial charge in [-0.05, 0) is 24.3 Å². The third-order valence-electron chi connectivity index (χ3n) is 2.84. The van der Waals surface area contributed by atoms with E-state index in [9.17, 15) is 4.79 Å². The molecule has 0 aromatic carbocycles. The van der Waals surface area contributed by atoms with Gasteiger partial charge >= 0.3 is 0 Å². The number of aromatic nitrogens is 2. The standard InChI is InChI=1S/C14H12N4O/c1-2-4-9-6-7-11-13(16-9)18-12-10(14(19)17-11)5-3-8-15-12/h2-3,5-8H,1,4H2,(H,17,19)(H,15,16,18). The summed E-state index contributed by atoms with van der Waals surface area (Å²) in [6.07, 6.45) is 4.10. The lowest BCUT2D eigenvalue weighted by Crippen LogP contribution is -2.11. The van der Waals surface area contributed by atoms with Crippen LogP contribution in [-0.4, -0.2) is 15.9 Å². The van der Waals surface area contributed by atoms with Gasteiger partial charge < -0.3 is 10.6 Å². The Morgan fingerprint density at radius 3 is 2.95 bits per heavy atom. The minimum Gasteiger partial charge on any atom is -0.323 e. The van der Waals surface area contributed by atoms with Crippen LogP contribution in [0, 0.1) is 0 Å². The summed E-state index contributed by atoms with van der Waals surface area (Å²) < 4.78 is 0. The first-order valence-electron chi connectivity index (χ1n) is 5.92. The highest BCUT2D eigenvalue weighted by Crippen LogP contribution is 2.29. The zero-order chi connectivity index (χ0) is 13.2. The first-order chi connectivity index (χ1) is 9.28. The average molecular weight is 252 g/mol. The normalized spacial score (nSPS) is 12.5. The fourth-order valence-electron chi connectivity index (χ4n) is 1.95. The molecule has 2 N–H and O–H groups in total. The highest BCUT2D eigenvalue weighted by molar-refractivity contribution is 6.10. The highest BCUT2D eigenvalue weighted by atomic mass is 16.1. The Morgan fingerprint density at radius 1 is 1.21 bits per heavy atom. The van der Waals surface area contributed by atoms with E-state index in [-0.39, 0.29) is 5.91 Å². The van der Waals surface area contributed by atoms with E-state index >= 15 is 0 Å². The molecular formula is C14H12N4O. The van der Waals surface area contributed by atoms with Crippen molar-refractivity contribution in [1.82, 2.24) is 9.97 Å². The number of hydrogen-bond donors (Lipinski definition) is 2. The van der Waals surface area contributed by atoms with Crippen LogP contribution in [0.15, 0.2) is 43.1 Å². The lowest BCUT2D eigenvalue weighted by atomic mass is 10.2. The lowest BCUT2D eigenvalue weighted by Gasteiger charge is -2.08. The van der Waals surface area contributed by atoms with Crippen molar-refractivity contribution in [2.45, 2.75) is 6.42 Å². The Balaban J connectivity index is 2.08. The largest absolute Gasteiger partial charge is 0.323 e. The van der Waals surface area contributed by atoms with Crippen LogP contribution in [0.5, 0.6) is 0 Å². The third kappa shape index (κ3) is 2.06. The van der Waals surface area contributed by atoms with Gasteiger partial charge in [-0.1, -0.05) is 6.08 Å². The van der Waals surface area contributed by atoms with Crippen molar-refractivity contribution in [1.29, 1.82) is 0 Å². The molecule has 0 aliphatic carbocycles. The summed E-state index contributed by atoms with van der Waals surface area (Å²) in [4.78, 5) is 20.7. The molecule has 0 spiro atoms. The maximum absolute atomic E-state index is 12.0. The lowest BCUT2D eigenvalue weighted by molar-refractivity contribution is 0.102. The molecule has 2 aromatic rings. The summed E-state index contributed by atoms with van der Waals surface area (Å²) in [7, 11) is 0. The van der Waals surface area contributed by atoms with Crippen LogP contribution in [0.2, 0.25) is 0 Å². The molecule has 2 aromatic heterocycles. The van der Waals surface area contributed by atoms with Gasteiger partial charge in [0.1, 0.15) is 5.82 Å². The summed E-state index contributed by atoms with van der Waals surface area (Å²) in [5, 5.41) is 5.91. The van der Waals surface area contributed by atoms with Gasteiger partial charge in [0.15, 0.2) is 5.82 Å². The van der Waals surface area contributed by atoms with Gasteiger partial charge in [0.05, 0.1) is 11.3 Å². The van der Waals surface area contributed by atoms with E-state index < -0.39 is 0 Å². The van der Waals surface area contributed by atoms with Crippen LogP contribution in [0.1, 0.15) is 16.1 Å². The van der Waals surface area contributed by atoms with Crippen LogP contribution in [0.4, 0.5) is 17.3 Å². The quantitative estimate of drug-likeness (QED) is 0.806. The zero-order valence-corrected chi connectivity index (χ0v) is 10.2. The number of amides is 1. The summed E-state index contributed by atoms with van der Waals surface area (Å²) >= 11 is 0. The van der Waals surface area contributed by atoms with Crippen molar-refractivity contribution in [3.8, 4) is 0 Å². The van der Waals surface area contributed by atoms with Crippen LogP contribution >= 0.6 is 0 Å². The first kappa shape index (κ1) is 11.4. The average Bonchev–Trinajstić information content (AvgIpc) is 2.55. The molecule has 5 nitrogen and oxygen atoms in total. The van der Waals surface area contributed by atoms with E-state index in [2.05, 4.69) is 27.2 Å². The van der Waals surface area contributed by atoms with Crippen LogP contribution in [0.3, 0.4) is 0 Å². The van der Waals surface area contributed by atoms with Gasteiger partial charge in [-0.3, -0.25) is 4.79 Å². The Bertz CT molecular complexity index is 666. The van der Waals surface area contributed by atoms with E-state index in [0.717, 1.165) is 5.69 Å². The minimum absolute atomic E-state index is 0.187. The molecule has 0 saturated carbocycles. The highest BCUT2D eigenvalue weighted by Gasteiger charge is 2.20. The fraction of sp³-hybridized carbons (Fsp3) is 0.0714. The molecule has 5 heteroatoms. The molecule has 19 heavy (non-hydrogen) atoms. The van der Waals surface area contributed by atoms with Crippen LogP contribution in [0.25, 0.3) is 0 Å². The van der Waals surface area contributed by atoms with E-state index in [0.29, 0.717) is 29.3 Å². The molecule has 0 bridgehead atoms. The maximum Gasteiger partial charge on any atom is 0.259 e. The molecule has 0 atom stereocenters. The first-order valence-corrected chi connectivity index (χ1v) is 5.92. The predicted octanol–water partition coefficient (Wildman–Crippen LogP) is 2.51. The molecule has 94 valence electrons. The van der Waals surface area contributed by atoms with E-state index in [1.807, 2.05) is 12.1 Å². The van der Waals surface area contributed by atoms with Gasteiger partial charge in [0.25, 0.3) is 5.91 Å². The number of pyridine rings is 2. The number of nitrogens with one attached hydrogen (secondary N) is 2. The van der Waals surface area contributed by atoms with Crippen molar-refractivity contribution in [2.24, 2.45) is 0 Å². The molecule has 0 saturated heterocycles. The predicted molar refractivity (Wildman–Crippen MR) is 73.6 cm³/mol. The van der Waals surface area contributed by atoms with Crippen LogP contribution < -0.4 is 10.6 Å². The third-order valence-corrected chi connectivity index (χ3v) is 2.84. The van der Waals surface area contributed by atoms with Gasteiger partial charge in [0.2, 0.25) is 0 Å². The monoisotopic (exact) mass is 252 g/mol. The van der Waals surface area contributed by atoms with Gasteiger partial charge in [-0.2, -0.15) is 0 Å². The number of allylic oxidation sites excluding steroid dienone is 1. The molecule has 0 radical (unpaired) electrons. The number of anilines is 3. The van der Waals surface area contributed by atoms with E-state index in [1.54, 1.807) is 24.4 Å². The number of nitrogens with zero attached hydrogens (tertiary/aromatic N) is 2. The topological polar surface area (TPSA) is 66.9 Å². The molecule has 1 aliphatic rings. The molecule has 0 fully saturated rings. The summed E-state index contributed by atoms with van der Waals surface area (Å²) in [5.74, 6) is 0.930. The number of rotatable bonds is 2. The van der Waals surface area contributed by atoms with Gasteiger partial charge in [-0.15, -0.1) is 6.58 Å². The number of fused-ring (bicyclic) bond motifs is 2. The van der Waals surface area contributed by atoms with Crippen molar-refractivity contribution < 1.29 is 4.79 Å². The minimum atomic E-state index is -0.187. The Labute approximate surface area is 110 Å². The molecule has 0 unspecified atom stereocenters. The van der Waals surface area contributed by atoms with Gasteiger partial charge in [-0.25, -0.2) is 9.97 Å². The van der Waals surface area contributed by atoms with E-state index in [1.165, 1.54) is 0 Å². The van der Waals surface area contributed by atoms with Crippen molar-refractivity contribution in [2.75, 3.05) is 10.6 Å². The Kier molecular flexibility index (Phi) is 2.72. The maximum atomic E-state index is 12.0. The number of carbonyl (C=O) groups is 1. The Hall–Kier alpha value is -2.69.